The smallest absolute Gasteiger partial charge is 0.227 e. The Morgan fingerprint density at radius 1 is 1.44 bits per heavy atom. The van der Waals surface area contributed by atoms with Crippen molar-refractivity contribution in [3.8, 4) is 0 Å². The third-order valence-corrected chi connectivity index (χ3v) is 3.49. The Hall–Kier alpha value is -0.610. The van der Waals surface area contributed by atoms with Gasteiger partial charge in [0.15, 0.2) is 0 Å². The van der Waals surface area contributed by atoms with Crippen LogP contribution in [0.5, 0.6) is 0 Å². The molecule has 106 valence electrons. The summed E-state index contributed by atoms with van der Waals surface area (Å²) in [6.07, 6.45) is 2.51. The Kier molecular flexibility index (Phi) is 4.78. The van der Waals surface area contributed by atoms with Gasteiger partial charge in [-0.3, -0.25) is 4.79 Å². The first-order valence-electron chi connectivity index (χ1n) is 6.92. The molecule has 1 aliphatic heterocycles. The molecule has 4 nitrogen and oxygen atoms in total. The molecule has 0 saturated carbocycles. The number of carbonyl (C=O) groups excluding carboxylic acids is 1. The number of hydrogen-bond acceptors (Lipinski definition) is 3. The summed E-state index contributed by atoms with van der Waals surface area (Å²) >= 11 is 0. The molecular weight excluding hydrogens is 228 g/mol. The quantitative estimate of drug-likeness (QED) is 0.781. The maximum Gasteiger partial charge on any atom is 0.227 e. The van der Waals surface area contributed by atoms with Gasteiger partial charge in [0.1, 0.15) is 0 Å². The zero-order valence-electron chi connectivity index (χ0n) is 12.2. The van der Waals surface area contributed by atoms with E-state index in [4.69, 9.17) is 5.73 Å². The van der Waals surface area contributed by atoms with Crippen LogP contribution in [0, 0.1) is 11.3 Å². The first-order chi connectivity index (χ1) is 8.21. The van der Waals surface area contributed by atoms with Crippen molar-refractivity contribution in [1.29, 1.82) is 0 Å². The van der Waals surface area contributed by atoms with Gasteiger partial charge in [-0.2, -0.15) is 0 Å². The van der Waals surface area contributed by atoms with Crippen molar-refractivity contribution in [3.63, 3.8) is 0 Å². The van der Waals surface area contributed by atoms with Gasteiger partial charge in [0.05, 0.1) is 24.6 Å². The molecule has 1 atom stereocenters. The Morgan fingerprint density at radius 2 is 2.00 bits per heavy atom. The van der Waals surface area contributed by atoms with Crippen molar-refractivity contribution in [2.75, 3.05) is 19.6 Å². The lowest BCUT2D eigenvalue weighted by Gasteiger charge is -2.48. The van der Waals surface area contributed by atoms with E-state index in [9.17, 15) is 9.90 Å². The Morgan fingerprint density at radius 3 is 2.39 bits per heavy atom. The highest BCUT2D eigenvalue weighted by Gasteiger charge is 2.44. The lowest BCUT2D eigenvalue weighted by atomic mass is 9.82. The van der Waals surface area contributed by atoms with Crippen LogP contribution in [0.4, 0.5) is 0 Å². The Labute approximate surface area is 111 Å². The van der Waals surface area contributed by atoms with Crippen LogP contribution in [0.1, 0.15) is 47.0 Å². The zero-order chi connectivity index (χ0) is 14.0. The number of carbonyl (C=O) groups is 1. The maximum absolute atomic E-state index is 12.3. The Bertz CT molecular complexity index is 291. The second kappa shape index (κ2) is 5.57. The largest absolute Gasteiger partial charge is 0.386 e. The highest BCUT2D eigenvalue weighted by molar-refractivity contribution is 5.80. The summed E-state index contributed by atoms with van der Waals surface area (Å²) in [4.78, 5) is 14.0. The van der Waals surface area contributed by atoms with Crippen molar-refractivity contribution in [3.05, 3.63) is 0 Å². The van der Waals surface area contributed by atoms with Crippen molar-refractivity contribution in [1.82, 2.24) is 4.90 Å². The molecule has 1 unspecified atom stereocenters. The molecule has 0 aromatic carbocycles. The van der Waals surface area contributed by atoms with E-state index in [1.54, 1.807) is 4.90 Å². The van der Waals surface area contributed by atoms with E-state index in [-0.39, 0.29) is 17.2 Å². The number of hydrogen-bond donors (Lipinski definition) is 2. The molecule has 1 aliphatic rings. The topological polar surface area (TPSA) is 66.6 Å². The Balaban J connectivity index is 2.50. The molecule has 3 N–H and O–H groups in total. The van der Waals surface area contributed by atoms with Crippen LogP contribution < -0.4 is 5.73 Å². The lowest BCUT2D eigenvalue weighted by molar-refractivity contribution is -0.161. The summed E-state index contributed by atoms with van der Waals surface area (Å²) < 4.78 is 0. The monoisotopic (exact) mass is 256 g/mol. The van der Waals surface area contributed by atoms with Crippen LogP contribution in [0.15, 0.2) is 0 Å². The van der Waals surface area contributed by atoms with Gasteiger partial charge in [-0.05, 0) is 18.3 Å². The minimum Gasteiger partial charge on any atom is -0.386 e. The molecule has 1 heterocycles. The molecular formula is C14H28N2O2. The van der Waals surface area contributed by atoms with Gasteiger partial charge in [0, 0.05) is 6.54 Å². The van der Waals surface area contributed by atoms with Gasteiger partial charge in [-0.15, -0.1) is 0 Å². The minimum absolute atomic E-state index is 0.101. The van der Waals surface area contributed by atoms with Crippen LogP contribution in [0.3, 0.4) is 0 Å². The maximum atomic E-state index is 12.3. The minimum atomic E-state index is -0.648. The van der Waals surface area contributed by atoms with Crippen LogP contribution >= 0.6 is 0 Å². The zero-order valence-corrected chi connectivity index (χ0v) is 12.2. The van der Waals surface area contributed by atoms with Gasteiger partial charge in [-0.1, -0.05) is 34.1 Å². The van der Waals surface area contributed by atoms with Gasteiger partial charge in [0.2, 0.25) is 5.91 Å². The highest BCUT2D eigenvalue weighted by Crippen LogP contribution is 2.30. The molecule has 0 bridgehead atoms. The number of nitrogens with zero attached hydrogens (tertiary/aromatic N) is 1. The van der Waals surface area contributed by atoms with Gasteiger partial charge in [0.25, 0.3) is 0 Å². The molecule has 0 spiro atoms. The van der Waals surface area contributed by atoms with E-state index in [0.29, 0.717) is 19.6 Å². The molecule has 0 radical (unpaired) electrons. The third kappa shape index (κ3) is 3.95. The van der Waals surface area contributed by atoms with Crippen LogP contribution in [0.2, 0.25) is 0 Å². The van der Waals surface area contributed by atoms with Crippen molar-refractivity contribution in [2.45, 2.75) is 52.6 Å². The fourth-order valence-electron chi connectivity index (χ4n) is 2.71. The average Bonchev–Trinajstić information content (AvgIpc) is 2.20. The first kappa shape index (κ1) is 15.4. The third-order valence-electron chi connectivity index (χ3n) is 3.49. The fourth-order valence-corrected chi connectivity index (χ4v) is 2.71. The number of aliphatic hydroxyl groups is 1. The number of rotatable bonds is 5. The van der Waals surface area contributed by atoms with Crippen molar-refractivity contribution in [2.24, 2.45) is 17.1 Å². The summed E-state index contributed by atoms with van der Waals surface area (Å²) in [5.74, 6) is -0.00983. The molecule has 0 aliphatic carbocycles. The second-order valence-corrected chi connectivity index (χ2v) is 6.87. The predicted molar refractivity (Wildman–Crippen MR) is 73.1 cm³/mol. The number of amides is 1. The van der Waals surface area contributed by atoms with E-state index in [2.05, 4.69) is 20.8 Å². The molecule has 1 fully saturated rings. The summed E-state index contributed by atoms with van der Waals surface area (Å²) in [5.41, 5.74) is 5.17. The van der Waals surface area contributed by atoms with Crippen molar-refractivity contribution >= 4 is 5.91 Å². The molecule has 18 heavy (non-hydrogen) atoms. The summed E-state index contributed by atoms with van der Waals surface area (Å²) in [6.45, 7) is 9.73. The second-order valence-electron chi connectivity index (χ2n) is 6.87. The molecule has 1 rings (SSSR count). The van der Waals surface area contributed by atoms with E-state index < -0.39 is 5.60 Å². The molecule has 1 saturated heterocycles. The molecule has 0 aromatic heterocycles. The normalized spacial score (nSPS) is 20.4. The average molecular weight is 256 g/mol. The highest BCUT2D eigenvalue weighted by atomic mass is 16.3. The lowest BCUT2D eigenvalue weighted by Crippen LogP contribution is -2.64. The standard InChI is InChI=1S/C14H28N2O2/c1-5-6-14(18)9-16(10-14)12(17)11(8-15)7-13(2,3)4/h11,18H,5-10,15H2,1-4H3. The first-order valence-corrected chi connectivity index (χ1v) is 6.92. The molecule has 4 heteroatoms. The molecule has 1 amide bonds. The van der Waals surface area contributed by atoms with E-state index in [1.807, 2.05) is 6.92 Å². The van der Waals surface area contributed by atoms with E-state index >= 15 is 0 Å². The summed E-state index contributed by atoms with van der Waals surface area (Å²) in [7, 11) is 0. The number of likely N-dealkylation sites (tertiary alicyclic amines) is 1. The van der Waals surface area contributed by atoms with Gasteiger partial charge < -0.3 is 15.7 Å². The fraction of sp³-hybridized carbons (Fsp3) is 0.929. The number of nitrogens with two attached hydrogens (primary N) is 1. The van der Waals surface area contributed by atoms with Crippen LogP contribution in [-0.2, 0) is 4.79 Å². The SMILES string of the molecule is CCCC1(O)CN(C(=O)C(CN)CC(C)(C)C)C1. The van der Waals surface area contributed by atoms with Gasteiger partial charge in [-0.25, -0.2) is 0 Å². The summed E-state index contributed by atoms with van der Waals surface area (Å²) in [6, 6.07) is 0. The van der Waals surface area contributed by atoms with Crippen molar-refractivity contribution < 1.29 is 9.90 Å². The van der Waals surface area contributed by atoms with Gasteiger partial charge >= 0.3 is 0 Å². The number of β-amino-alcohol motifs (C(OH)–C–C–N with tert-alkyl or cyclic N) is 1. The van der Waals surface area contributed by atoms with Crippen LogP contribution in [-0.4, -0.2) is 41.1 Å². The predicted octanol–water partition coefficient (Wildman–Crippen LogP) is 1.37. The summed E-state index contributed by atoms with van der Waals surface area (Å²) in [5, 5.41) is 10.1. The molecule has 0 aromatic rings. The van der Waals surface area contributed by atoms with E-state index in [1.165, 1.54) is 0 Å². The van der Waals surface area contributed by atoms with E-state index in [0.717, 1.165) is 19.3 Å². The van der Waals surface area contributed by atoms with Crippen LogP contribution in [0.25, 0.3) is 0 Å².